The van der Waals surface area contributed by atoms with E-state index in [1.807, 2.05) is 18.2 Å². The number of ether oxygens (including phenoxy) is 1. The molecule has 0 saturated carbocycles. The van der Waals surface area contributed by atoms with Gasteiger partial charge in [-0.05, 0) is 79.6 Å². The van der Waals surface area contributed by atoms with E-state index in [1.54, 1.807) is 17.2 Å². The first-order valence-electron chi connectivity index (χ1n) is 10.8. The van der Waals surface area contributed by atoms with Crippen LogP contribution >= 0.6 is 0 Å². The minimum absolute atomic E-state index is 0.328. The number of benzene rings is 1. The van der Waals surface area contributed by atoms with Gasteiger partial charge in [0.1, 0.15) is 6.33 Å². The molecular formula is C23H26N6O. The number of likely N-dealkylation sites (tertiary alicyclic amines) is 1. The number of anilines is 2. The van der Waals surface area contributed by atoms with Crippen molar-refractivity contribution in [1.29, 1.82) is 0 Å². The molecule has 0 bridgehead atoms. The van der Waals surface area contributed by atoms with Gasteiger partial charge in [-0.25, -0.2) is 9.67 Å². The number of nitrogens with one attached hydrogen (secondary N) is 1. The van der Waals surface area contributed by atoms with Gasteiger partial charge in [-0.3, -0.25) is 4.90 Å². The molecule has 6 rings (SSSR count). The van der Waals surface area contributed by atoms with E-state index in [1.165, 1.54) is 49.9 Å². The van der Waals surface area contributed by atoms with Gasteiger partial charge in [-0.2, -0.15) is 4.98 Å². The molecule has 7 heteroatoms. The predicted molar refractivity (Wildman–Crippen MR) is 114 cm³/mol. The van der Waals surface area contributed by atoms with E-state index in [2.05, 4.69) is 43.5 Å². The smallest absolute Gasteiger partial charge is 0.247 e. The average molecular weight is 403 g/mol. The lowest BCUT2D eigenvalue weighted by Crippen LogP contribution is -2.53. The van der Waals surface area contributed by atoms with Crippen LogP contribution in [0.3, 0.4) is 0 Å². The molecule has 0 radical (unpaired) electrons. The molecule has 4 heterocycles. The van der Waals surface area contributed by atoms with Crippen LogP contribution in [0.1, 0.15) is 30.4 Å². The van der Waals surface area contributed by atoms with Gasteiger partial charge in [0.25, 0.3) is 0 Å². The summed E-state index contributed by atoms with van der Waals surface area (Å²) in [4.78, 5) is 11.4. The molecular weight excluding hydrogens is 376 g/mol. The highest BCUT2D eigenvalue weighted by molar-refractivity contribution is 5.58. The van der Waals surface area contributed by atoms with Crippen molar-refractivity contribution in [3.8, 4) is 5.82 Å². The second-order valence-electron chi connectivity index (χ2n) is 8.71. The maximum Gasteiger partial charge on any atom is 0.247 e. The second-order valence-corrected chi connectivity index (χ2v) is 8.71. The van der Waals surface area contributed by atoms with Gasteiger partial charge in [0.05, 0.1) is 19.3 Å². The van der Waals surface area contributed by atoms with Crippen LogP contribution in [0.4, 0.5) is 11.6 Å². The van der Waals surface area contributed by atoms with E-state index >= 15 is 0 Å². The first-order chi connectivity index (χ1) is 14.8. The van der Waals surface area contributed by atoms with E-state index in [9.17, 15) is 0 Å². The van der Waals surface area contributed by atoms with Gasteiger partial charge < -0.3 is 10.1 Å². The summed E-state index contributed by atoms with van der Waals surface area (Å²) in [6.07, 6.45) is 8.40. The zero-order valence-corrected chi connectivity index (χ0v) is 17.0. The second kappa shape index (κ2) is 7.18. The number of nitrogens with zero attached hydrogens (tertiary/aromatic N) is 5. The summed E-state index contributed by atoms with van der Waals surface area (Å²) >= 11 is 0. The number of aryl methyl sites for hydroxylation is 1. The van der Waals surface area contributed by atoms with Crippen molar-refractivity contribution in [2.75, 3.05) is 31.6 Å². The monoisotopic (exact) mass is 402 g/mol. The zero-order chi connectivity index (χ0) is 20.0. The van der Waals surface area contributed by atoms with E-state index in [0.29, 0.717) is 17.4 Å². The molecule has 1 spiro atoms. The molecule has 2 aromatic heterocycles. The Morgan fingerprint density at radius 3 is 2.70 bits per heavy atom. The lowest BCUT2D eigenvalue weighted by atomic mass is 9.73. The molecule has 1 aliphatic carbocycles. The summed E-state index contributed by atoms with van der Waals surface area (Å²) < 4.78 is 7.09. The van der Waals surface area contributed by atoms with Gasteiger partial charge in [-0.1, -0.05) is 12.1 Å². The third kappa shape index (κ3) is 3.09. The highest BCUT2D eigenvalue weighted by Gasteiger charge is 2.43. The summed E-state index contributed by atoms with van der Waals surface area (Å²) in [5.41, 5.74) is 4.42. The Labute approximate surface area is 176 Å². The summed E-state index contributed by atoms with van der Waals surface area (Å²) in [6.45, 7) is 4.19. The Kier molecular flexibility index (Phi) is 4.32. The van der Waals surface area contributed by atoms with E-state index in [-0.39, 0.29) is 0 Å². The van der Waals surface area contributed by atoms with Crippen LogP contribution in [0.2, 0.25) is 0 Å². The van der Waals surface area contributed by atoms with E-state index < -0.39 is 0 Å². The van der Waals surface area contributed by atoms with Crippen molar-refractivity contribution in [2.45, 2.75) is 37.1 Å². The van der Waals surface area contributed by atoms with E-state index in [4.69, 9.17) is 4.74 Å². The quantitative estimate of drug-likeness (QED) is 0.723. The van der Waals surface area contributed by atoms with Crippen LogP contribution in [0.5, 0.6) is 0 Å². The Hall–Kier alpha value is -2.77. The Bertz CT molecular complexity index is 1040. The number of hydrogen-bond acceptors (Lipinski definition) is 6. The Morgan fingerprint density at radius 1 is 1.03 bits per heavy atom. The minimum Gasteiger partial charge on any atom is -0.378 e. The van der Waals surface area contributed by atoms with Crippen molar-refractivity contribution < 1.29 is 4.74 Å². The summed E-state index contributed by atoms with van der Waals surface area (Å²) in [5, 5.41) is 7.93. The molecule has 7 nitrogen and oxygen atoms in total. The topological polar surface area (TPSA) is 68.1 Å². The summed E-state index contributed by atoms with van der Waals surface area (Å²) in [6, 6.07) is 13.2. The molecule has 1 N–H and O–H groups in total. The lowest BCUT2D eigenvalue weighted by molar-refractivity contribution is -0.0758. The van der Waals surface area contributed by atoms with Crippen molar-refractivity contribution in [3.63, 3.8) is 0 Å². The highest BCUT2D eigenvalue weighted by Crippen LogP contribution is 2.47. The van der Waals surface area contributed by atoms with Crippen molar-refractivity contribution in [1.82, 2.24) is 24.6 Å². The van der Waals surface area contributed by atoms with Crippen LogP contribution in [-0.4, -0.2) is 57.0 Å². The molecule has 0 atom stereocenters. The van der Waals surface area contributed by atoms with Crippen LogP contribution in [-0.2, 0) is 16.6 Å². The molecule has 3 aliphatic rings. The first kappa shape index (κ1) is 18.0. The fourth-order valence-electron chi connectivity index (χ4n) is 5.19. The van der Waals surface area contributed by atoms with E-state index in [0.717, 1.165) is 24.7 Å². The summed E-state index contributed by atoms with van der Waals surface area (Å²) in [5.74, 6) is 1.35. The number of piperidine rings is 1. The zero-order valence-electron chi connectivity index (χ0n) is 17.0. The maximum atomic E-state index is 5.40. The SMILES string of the molecule is c1ccc(-n2cnc(Nc3ccc4c(c3)C3(CC4)CCN(C4COC4)CC3)n2)nc1. The molecule has 2 saturated heterocycles. The largest absolute Gasteiger partial charge is 0.378 e. The van der Waals surface area contributed by atoms with Gasteiger partial charge in [0.2, 0.25) is 5.95 Å². The lowest BCUT2D eigenvalue weighted by Gasteiger charge is -2.45. The summed E-state index contributed by atoms with van der Waals surface area (Å²) in [7, 11) is 0. The fourth-order valence-corrected chi connectivity index (χ4v) is 5.19. The number of pyridine rings is 1. The number of hydrogen-bond donors (Lipinski definition) is 1. The number of fused-ring (bicyclic) bond motifs is 2. The molecule has 1 aromatic carbocycles. The van der Waals surface area contributed by atoms with Crippen molar-refractivity contribution >= 4 is 11.6 Å². The van der Waals surface area contributed by atoms with Crippen LogP contribution < -0.4 is 5.32 Å². The standard InChI is InChI=1S/C23H26N6O/c1-2-10-24-21(3-1)29-16-25-22(27-29)26-18-5-4-17-6-7-23(20(17)13-18)8-11-28(12-9-23)19-14-30-15-19/h1-5,10,13,16,19H,6-9,11-12,14-15H2,(H,26,27). The van der Waals surface area contributed by atoms with Crippen LogP contribution in [0.25, 0.3) is 5.82 Å². The first-order valence-corrected chi connectivity index (χ1v) is 10.8. The highest BCUT2D eigenvalue weighted by atomic mass is 16.5. The van der Waals surface area contributed by atoms with Gasteiger partial charge >= 0.3 is 0 Å². The van der Waals surface area contributed by atoms with Crippen molar-refractivity contribution in [3.05, 3.63) is 60.0 Å². The predicted octanol–water partition coefficient (Wildman–Crippen LogP) is 3.08. The van der Waals surface area contributed by atoms with Crippen LogP contribution in [0.15, 0.2) is 48.9 Å². The molecule has 3 aromatic rings. The number of rotatable bonds is 4. The fraction of sp³-hybridized carbons (Fsp3) is 0.435. The molecule has 2 fully saturated rings. The molecule has 0 unspecified atom stereocenters. The molecule has 30 heavy (non-hydrogen) atoms. The number of aromatic nitrogens is 4. The van der Waals surface area contributed by atoms with Gasteiger partial charge in [-0.15, -0.1) is 5.10 Å². The average Bonchev–Trinajstić information content (AvgIpc) is 3.35. The van der Waals surface area contributed by atoms with Crippen molar-refractivity contribution in [2.24, 2.45) is 0 Å². The minimum atomic E-state index is 0.328. The third-order valence-electron chi connectivity index (χ3n) is 7.08. The van der Waals surface area contributed by atoms with Crippen LogP contribution in [0, 0.1) is 0 Å². The normalized spacial score (nSPS) is 20.8. The van der Waals surface area contributed by atoms with Gasteiger partial charge in [0, 0.05) is 11.9 Å². The molecule has 2 aliphatic heterocycles. The molecule has 154 valence electrons. The molecule has 0 amide bonds. The Morgan fingerprint density at radius 2 is 1.93 bits per heavy atom. The third-order valence-corrected chi connectivity index (χ3v) is 7.08. The Balaban J connectivity index is 1.20. The van der Waals surface area contributed by atoms with Gasteiger partial charge in [0.15, 0.2) is 5.82 Å². The maximum absolute atomic E-state index is 5.40.